The van der Waals surface area contributed by atoms with Gasteiger partial charge in [0.2, 0.25) is 11.8 Å². The standard InChI is InChI=1S/C27H32N4O4.C2HF3O2/c1-2-8-20(28)27(35)31-16-6-13-22(31)26(34)30-15-7-14-29-21-12-5-11-19-23(21)25(33)18-10-4-3-9-17(18)24(19)32;3-2(4,5)1(6)7/h3-5,9-12,20,22,29H,2,6-8,13-16,28H2,1H3,(H,30,34);(H,6,7)/t20-,22-;/m0./s1. The van der Waals surface area contributed by atoms with Gasteiger partial charge in [-0.2, -0.15) is 13.2 Å². The van der Waals surface area contributed by atoms with Gasteiger partial charge in [0.05, 0.1) is 11.6 Å². The van der Waals surface area contributed by atoms with Crippen molar-refractivity contribution in [1.29, 1.82) is 0 Å². The number of nitrogens with one attached hydrogen (secondary N) is 2. The molecule has 0 spiro atoms. The molecule has 1 saturated heterocycles. The Morgan fingerprint density at radius 3 is 2.26 bits per heavy atom. The summed E-state index contributed by atoms with van der Waals surface area (Å²) in [7, 11) is 0. The van der Waals surface area contributed by atoms with Crippen LogP contribution in [0.15, 0.2) is 42.5 Å². The van der Waals surface area contributed by atoms with Gasteiger partial charge >= 0.3 is 12.1 Å². The molecule has 1 fully saturated rings. The molecule has 2 aliphatic rings. The lowest BCUT2D eigenvalue weighted by molar-refractivity contribution is -0.192. The number of nitrogens with two attached hydrogens (primary N) is 1. The number of aliphatic carboxylic acids is 1. The minimum Gasteiger partial charge on any atom is -0.475 e. The van der Waals surface area contributed by atoms with E-state index in [1.165, 1.54) is 0 Å². The first-order valence-corrected chi connectivity index (χ1v) is 13.6. The van der Waals surface area contributed by atoms with Crippen LogP contribution in [0, 0.1) is 0 Å². The molecule has 2 aromatic rings. The van der Waals surface area contributed by atoms with Gasteiger partial charge in [0.1, 0.15) is 6.04 Å². The van der Waals surface area contributed by atoms with Gasteiger partial charge in [-0.15, -0.1) is 0 Å². The first-order valence-electron chi connectivity index (χ1n) is 13.6. The van der Waals surface area contributed by atoms with Gasteiger partial charge < -0.3 is 26.4 Å². The molecule has 2 amide bonds. The number of carbonyl (C=O) groups is 5. The van der Waals surface area contributed by atoms with E-state index in [9.17, 15) is 32.3 Å². The van der Waals surface area contributed by atoms with Gasteiger partial charge in [0.25, 0.3) is 0 Å². The molecule has 226 valence electrons. The Morgan fingerprint density at radius 1 is 1.02 bits per heavy atom. The number of amides is 2. The van der Waals surface area contributed by atoms with Crippen molar-refractivity contribution in [2.24, 2.45) is 5.73 Å². The lowest BCUT2D eigenvalue weighted by atomic mass is 9.83. The van der Waals surface area contributed by atoms with Crippen molar-refractivity contribution in [2.75, 3.05) is 25.0 Å². The lowest BCUT2D eigenvalue weighted by Gasteiger charge is -2.26. The maximum Gasteiger partial charge on any atom is 0.490 e. The topological polar surface area (TPSA) is 159 Å². The number of carbonyl (C=O) groups excluding carboxylic acids is 4. The van der Waals surface area contributed by atoms with Gasteiger partial charge in [-0.3, -0.25) is 19.2 Å². The molecule has 42 heavy (non-hydrogen) atoms. The highest BCUT2D eigenvalue weighted by Gasteiger charge is 2.38. The third kappa shape index (κ3) is 7.52. The average molecular weight is 591 g/mol. The molecule has 1 heterocycles. The predicted molar refractivity (Wildman–Crippen MR) is 147 cm³/mol. The summed E-state index contributed by atoms with van der Waals surface area (Å²) >= 11 is 0. The summed E-state index contributed by atoms with van der Waals surface area (Å²) in [5.74, 6) is -3.39. The molecule has 0 bridgehead atoms. The van der Waals surface area contributed by atoms with Crippen LogP contribution in [0.3, 0.4) is 0 Å². The quantitative estimate of drug-likeness (QED) is 0.277. The van der Waals surface area contributed by atoms with Crippen LogP contribution in [0.25, 0.3) is 0 Å². The Labute approximate surface area is 240 Å². The Kier molecular flexibility index (Phi) is 10.8. The van der Waals surface area contributed by atoms with Crippen molar-refractivity contribution in [3.63, 3.8) is 0 Å². The van der Waals surface area contributed by atoms with Gasteiger partial charge in [-0.05, 0) is 31.7 Å². The van der Waals surface area contributed by atoms with Crippen LogP contribution in [0.5, 0.6) is 0 Å². The van der Waals surface area contributed by atoms with Crippen molar-refractivity contribution >= 4 is 35.0 Å². The number of benzene rings is 2. The monoisotopic (exact) mass is 590 g/mol. The molecule has 2 aromatic carbocycles. The molecule has 0 unspecified atom stereocenters. The first-order chi connectivity index (χ1) is 19.9. The Hall–Kier alpha value is -4.26. The summed E-state index contributed by atoms with van der Waals surface area (Å²) in [6.45, 7) is 3.48. The summed E-state index contributed by atoms with van der Waals surface area (Å²) in [4.78, 5) is 61.8. The number of alkyl halides is 3. The fourth-order valence-electron chi connectivity index (χ4n) is 4.88. The van der Waals surface area contributed by atoms with Crippen molar-refractivity contribution in [3.8, 4) is 0 Å². The van der Waals surface area contributed by atoms with Crippen molar-refractivity contribution in [3.05, 3.63) is 64.7 Å². The van der Waals surface area contributed by atoms with Gasteiger partial charge in [-0.1, -0.05) is 49.7 Å². The average Bonchev–Trinajstić information content (AvgIpc) is 3.45. The highest BCUT2D eigenvalue weighted by molar-refractivity contribution is 6.30. The van der Waals surface area contributed by atoms with Crippen molar-refractivity contribution < 1.29 is 42.3 Å². The van der Waals surface area contributed by atoms with E-state index in [2.05, 4.69) is 10.6 Å². The van der Waals surface area contributed by atoms with Crippen LogP contribution < -0.4 is 16.4 Å². The summed E-state index contributed by atoms with van der Waals surface area (Å²) < 4.78 is 31.7. The van der Waals surface area contributed by atoms with E-state index in [-0.39, 0.29) is 23.4 Å². The molecule has 1 aliphatic heterocycles. The summed E-state index contributed by atoms with van der Waals surface area (Å²) in [6.07, 6.45) is -1.61. The molecule has 0 saturated carbocycles. The number of carboxylic acid groups (broad SMARTS) is 1. The molecular weight excluding hydrogens is 557 g/mol. The lowest BCUT2D eigenvalue weighted by Crippen LogP contribution is -2.51. The zero-order valence-corrected chi connectivity index (χ0v) is 23.0. The highest BCUT2D eigenvalue weighted by atomic mass is 19.4. The number of anilines is 1. The van der Waals surface area contributed by atoms with Crippen molar-refractivity contribution in [2.45, 2.75) is 57.3 Å². The van der Waals surface area contributed by atoms with Crippen LogP contribution in [0.1, 0.15) is 70.9 Å². The maximum atomic E-state index is 13.1. The normalized spacial score (nSPS) is 16.5. The number of nitrogens with zero attached hydrogens (tertiary/aromatic N) is 1. The van der Waals surface area contributed by atoms with E-state index in [0.717, 1.165) is 12.8 Å². The van der Waals surface area contributed by atoms with Crippen LogP contribution in [-0.4, -0.2) is 77.3 Å². The van der Waals surface area contributed by atoms with E-state index in [4.69, 9.17) is 15.6 Å². The summed E-state index contributed by atoms with van der Waals surface area (Å²) in [5, 5.41) is 13.3. The molecule has 1 aliphatic carbocycles. The third-order valence-electron chi connectivity index (χ3n) is 6.92. The molecular formula is C29H33F3N4O6. The predicted octanol–water partition coefficient (Wildman–Crippen LogP) is 3.13. The van der Waals surface area contributed by atoms with E-state index < -0.39 is 24.2 Å². The molecule has 10 nitrogen and oxygen atoms in total. The summed E-state index contributed by atoms with van der Waals surface area (Å²) in [6, 6.07) is 11.1. The van der Waals surface area contributed by atoms with Gasteiger partial charge in [-0.25, -0.2) is 4.79 Å². The van der Waals surface area contributed by atoms with E-state index in [1.807, 2.05) is 6.92 Å². The molecule has 2 atom stereocenters. The number of halogens is 3. The number of carboxylic acids is 1. The highest BCUT2D eigenvalue weighted by Crippen LogP contribution is 2.31. The number of hydrogen-bond donors (Lipinski definition) is 4. The van der Waals surface area contributed by atoms with Gasteiger partial charge in [0, 0.05) is 42.0 Å². The second-order valence-corrected chi connectivity index (χ2v) is 9.89. The van der Waals surface area contributed by atoms with Crippen LogP contribution >= 0.6 is 0 Å². The minimum atomic E-state index is -5.08. The third-order valence-corrected chi connectivity index (χ3v) is 6.92. The maximum absolute atomic E-state index is 13.1. The fourth-order valence-corrected chi connectivity index (χ4v) is 4.88. The SMILES string of the molecule is CCC[C@H](N)C(=O)N1CCC[C@H]1C(=O)NCCCNc1cccc2c1C(=O)c1ccccc1C2=O.O=C(O)C(F)(F)F. The fraction of sp³-hybridized carbons (Fsp3) is 0.414. The van der Waals surface area contributed by atoms with E-state index in [1.54, 1.807) is 47.4 Å². The van der Waals surface area contributed by atoms with Crippen LogP contribution in [0.2, 0.25) is 0 Å². The molecule has 0 radical (unpaired) electrons. The minimum absolute atomic E-state index is 0.152. The second-order valence-electron chi connectivity index (χ2n) is 9.89. The van der Waals surface area contributed by atoms with Gasteiger partial charge in [0.15, 0.2) is 11.6 Å². The van der Waals surface area contributed by atoms with Crippen LogP contribution in [-0.2, 0) is 14.4 Å². The Balaban J connectivity index is 0.000000616. The van der Waals surface area contributed by atoms with E-state index in [0.29, 0.717) is 66.8 Å². The number of ketones is 2. The van der Waals surface area contributed by atoms with Crippen molar-refractivity contribution in [1.82, 2.24) is 10.2 Å². The Bertz CT molecular complexity index is 1350. The zero-order chi connectivity index (χ0) is 31.0. The Morgan fingerprint density at radius 2 is 1.64 bits per heavy atom. The second kappa shape index (κ2) is 14.1. The largest absolute Gasteiger partial charge is 0.490 e. The molecule has 4 rings (SSSR count). The number of fused-ring (bicyclic) bond motifs is 2. The molecule has 5 N–H and O–H groups in total. The number of hydrogen-bond acceptors (Lipinski definition) is 7. The smallest absolute Gasteiger partial charge is 0.475 e. The van der Waals surface area contributed by atoms with Crippen LogP contribution in [0.4, 0.5) is 18.9 Å². The molecule has 13 heteroatoms. The number of rotatable bonds is 9. The number of likely N-dealkylation sites (tertiary alicyclic amines) is 1. The molecule has 0 aromatic heterocycles. The van der Waals surface area contributed by atoms with E-state index >= 15 is 0 Å². The zero-order valence-electron chi connectivity index (χ0n) is 23.0. The summed E-state index contributed by atoms with van der Waals surface area (Å²) in [5.41, 5.74) is 8.23. The first kappa shape index (κ1) is 32.3.